The summed E-state index contributed by atoms with van der Waals surface area (Å²) in [4.78, 5) is 16.8. The fourth-order valence-corrected chi connectivity index (χ4v) is 5.06. The van der Waals surface area contributed by atoms with E-state index in [0.717, 1.165) is 32.6 Å². The number of halogens is 2. The smallest absolute Gasteiger partial charge is 0.337 e. The molecule has 2 atom stereocenters. The van der Waals surface area contributed by atoms with Gasteiger partial charge in [0.2, 0.25) is 0 Å². The predicted octanol–water partition coefficient (Wildman–Crippen LogP) is 5.93. The van der Waals surface area contributed by atoms with Crippen LogP contribution in [-0.4, -0.2) is 31.0 Å². The van der Waals surface area contributed by atoms with Gasteiger partial charge in [-0.15, -0.1) is 0 Å². The van der Waals surface area contributed by atoms with E-state index in [1.165, 1.54) is 7.11 Å². The van der Waals surface area contributed by atoms with E-state index in [1.54, 1.807) is 19.2 Å². The zero-order valence-electron chi connectivity index (χ0n) is 18.0. The zero-order valence-corrected chi connectivity index (χ0v) is 21.2. The summed E-state index contributed by atoms with van der Waals surface area (Å²) in [5.74, 6) is 0.571. The van der Waals surface area contributed by atoms with Gasteiger partial charge in [0, 0.05) is 28.2 Å². The molecule has 6 nitrogen and oxygen atoms in total. The molecule has 0 aliphatic carbocycles. The highest BCUT2D eigenvalue weighted by Gasteiger charge is 2.28. The summed E-state index contributed by atoms with van der Waals surface area (Å²) in [6.45, 7) is 0. The average molecular weight is 574 g/mol. The van der Waals surface area contributed by atoms with Crippen LogP contribution in [0.1, 0.15) is 45.7 Å². The third kappa shape index (κ3) is 5.13. The van der Waals surface area contributed by atoms with Gasteiger partial charge in [-0.3, -0.25) is 10.3 Å². The summed E-state index contributed by atoms with van der Waals surface area (Å²) < 4.78 is 11.6. The number of esters is 1. The third-order valence-electron chi connectivity index (χ3n) is 5.55. The lowest BCUT2D eigenvalue weighted by Crippen LogP contribution is -2.33. The van der Waals surface area contributed by atoms with Crippen LogP contribution in [0.15, 0.2) is 74.6 Å². The SMILES string of the molecule is COC(=O)c1ccc([C@@H]2N=C(c3ccc(OC)cc3)C[C@H](c3cc(Br)cc(Br)c3O)N2)cc1. The number of carbonyl (C=O) groups is 1. The monoisotopic (exact) mass is 572 g/mol. The van der Waals surface area contributed by atoms with E-state index in [9.17, 15) is 9.90 Å². The molecule has 1 aliphatic heterocycles. The molecule has 170 valence electrons. The van der Waals surface area contributed by atoms with E-state index >= 15 is 0 Å². The van der Waals surface area contributed by atoms with Crippen LogP contribution < -0.4 is 10.1 Å². The van der Waals surface area contributed by atoms with Crippen LogP contribution in [0.5, 0.6) is 11.5 Å². The van der Waals surface area contributed by atoms with E-state index < -0.39 is 0 Å². The van der Waals surface area contributed by atoms with Crippen LogP contribution in [0.25, 0.3) is 0 Å². The van der Waals surface area contributed by atoms with Gasteiger partial charge in [0.1, 0.15) is 17.7 Å². The minimum absolute atomic E-state index is 0.187. The molecule has 1 aliphatic rings. The Morgan fingerprint density at radius 1 is 1.06 bits per heavy atom. The predicted molar refractivity (Wildman–Crippen MR) is 134 cm³/mol. The number of hydrogen-bond donors (Lipinski definition) is 2. The normalized spacial score (nSPS) is 17.9. The number of aromatic hydroxyl groups is 1. The molecule has 8 heteroatoms. The molecule has 0 bridgehead atoms. The molecule has 0 radical (unpaired) electrons. The second kappa shape index (κ2) is 10.1. The molecule has 4 rings (SSSR count). The maximum absolute atomic E-state index is 11.8. The van der Waals surface area contributed by atoms with E-state index in [0.29, 0.717) is 16.5 Å². The molecule has 0 aromatic heterocycles. The van der Waals surface area contributed by atoms with E-state index in [1.807, 2.05) is 48.5 Å². The molecule has 0 unspecified atom stereocenters. The van der Waals surface area contributed by atoms with Gasteiger partial charge < -0.3 is 14.6 Å². The van der Waals surface area contributed by atoms with Crippen LogP contribution >= 0.6 is 31.9 Å². The van der Waals surface area contributed by atoms with Gasteiger partial charge >= 0.3 is 5.97 Å². The molecule has 0 saturated heterocycles. The first-order valence-corrected chi connectivity index (χ1v) is 11.8. The number of carbonyl (C=O) groups excluding carboxylic acids is 1. The number of aliphatic imine (C=N–C) groups is 1. The molecule has 0 amide bonds. The number of phenolic OH excluding ortho intramolecular Hbond substituents is 1. The van der Waals surface area contributed by atoms with Crippen molar-refractivity contribution in [1.29, 1.82) is 0 Å². The Morgan fingerprint density at radius 2 is 1.76 bits per heavy atom. The second-order valence-electron chi connectivity index (χ2n) is 7.57. The Morgan fingerprint density at radius 3 is 2.39 bits per heavy atom. The second-order valence-corrected chi connectivity index (χ2v) is 9.34. The quantitative estimate of drug-likeness (QED) is 0.370. The summed E-state index contributed by atoms with van der Waals surface area (Å²) in [5.41, 5.74) is 4.01. The lowest BCUT2D eigenvalue weighted by atomic mass is 9.93. The molecule has 0 fully saturated rings. The van der Waals surface area contributed by atoms with Gasteiger partial charge in [0.15, 0.2) is 0 Å². The maximum Gasteiger partial charge on any atom is 0.337 e. The van der Waals surface area contributed by atoms with Crippen LogP contribution in [0, 0.1) is 0 Å². The largest absolute Gasteiger partial charge is 0.506 e. The first-order chi connectivity index (χ1) is 15.9. The molecule has 0 saturated carbocycles. The average Bonchev–Trinajstić information content (AvgIpc) is 2.85. The van der Waals surface area contributed by atoms with Crippen molar-refractivity contribution in [2.45, 2.75) is 18.6 Å². The molecular formula is C25H22Br2N2O4. The van der Waals surface area contributed by atoms with Crippen molar-refractivity contribution < 1.29 is 19.4 Å². The number of ether oxygens (including phenoxy) is 2. The van der Waals surface area contributed by atoms with Gasteiger partial charge in [-0.05, 0) is 75.6 Å². The van der Waals surface area contributed by atoms with Crippen molar-refractivity contribution in [2.24, 2.45) is 4.99 Å². The van der Waals surface area contributed by atoms with Gasteiger partial charge in [0.25, 0.3) is 0 Å². The standard InChI is InChI=1S/C25H22Br2N2O4/c1-32-18-9-7-14(8-10-18)21-13-22(19-11-17(26)12-20(27)23(19)30)29-24(28-21)15-3-5-16(6-4-15)25(31)33-2/h3-12,22,24,29-30H,13H2,1-2H3/t22-,24-/m1/s1. The summed E-state index contributed by atoms with van der Waals surface area (Å²) >= 11 is 6.95. The molecule has 2 N–H and O–H groups in total. The molecule has 3 aromatic carbocycles. The topological polar surface area (TPSA) is 80.2 Å². The lowest BCUT2D eigenvalue weighted by Gasteiger charge is -2.31. The van der Waals surface area contributed by atoms with Gasteiger partial charge in [-0.2, -0.15) is 0 Å². The summed E-state index contributed by atoms with van der Waals surface area (Å²) in [6.07, 6.45) is 0.212. The summed E-state index contributed by atoms with van der Waals surface area (Å²) in [6, 6.07) is 18.5. The van der Waals surface area contributed by atoms with Crippen LogP contribution in [0.3, 0.4) is 0 Å². The highest BCUT2D eigenvalue weighted by atomic mass is 79.9. The first-order valence-electron chi connectivity index (χ1n) is 10.2. The molecule has 1 heterocycles. The minimum Gasteiger partial charge on any atom is -0.506 e. The Balaban J connectivity index is 1.74. The molecule has 33 heavy (non-hydrogen) atoms. The van der Waals surface area contributed by atoms with Crippen molar-refractivity contribution >= 4 is 43.5 Å². The molecular weight excluding hydrogens is 552 g/mol. The summed E-state index contributed by atoms with van der Waals surface area (Å²) in [7, 11) is 2.99. The van der Waals surface area contributed by atoms with Crippen LogP contribution in [0.2, 0.25) is 0 Å². The van der Waals surface area contributed by atoms with Crippen molar-refractivity contribution in [1.82, 2.24) is 5.32 Å². The van der Waals surface area contributed by atoms with Crippen LogP contribution in [-0.2, 0) is 4.74 Å². The van der Waals surface area contributed by atoms with E-state index in [4.69, 9.17) is 14.5 Å². The van der Waals surface area contributed by atoms with Crippen molar-refractivity contribution in [3.05, 3.63) is 91.9 Å². The first kappa shape index (κ1) is 23.5. The summed E-state index contributed by atoms with van der Waals surface area (Å²) in [5, 5.41) is 14.3. The highest BCUT2D eigenvalue weighted by molar-refractivity contribution is 9.11. The van der Waals surface area contributed by atoms with Crippen molar-refractivity contribution in [2.75, 3.05) is 14.2 Å². The van der Waals surface area contributed by atoms with Crippen LogP contribution in [0.4, 0.5) is 0 Å². The number of benzene rings is 3. The number of phenols is 1. The number of hydrogen-bond acceptors (Lipinski definition) is 6. The third-order valence-corrected chi connectivity index (χ3v) is 6.61. The van der Waals surface area contributed by atoms with Gasteiger partial charge in [-0.1, -0.05) is 28.1 Å². The van der Waals surface area contributed by atoms with Gasteiger partial charge in [-0.25, -0.2) is 4.79 Å². The Bertz CT molecular complexity index is 1190. The maximum atomic E-state index is 11.8. The molecule has 0 spiro atoms. The Kier molecular flexibility index (Phi) is 7.17. The minimum atomic E-state index is -0.387. The number of nitrogens with one attached hydrogen (secondary N) is 1. The number of rotatable bonds is 5. The number of nitrogens with zero attached hydrogens (tertiary/aromatic N) is 1. The van der Waals surface area contributed by atoms with E-state index in [-0.39, 0.29) is 23.9 Å². The Hall–Kier alpha value is -2.68. The van der Waals surface area contributed by atoms with E-state index in [2.05, 4.69) is 37.2 Å². The fraction of sp³-hybridized carbons (Fsp3) is 0.200. The van der Waals surface area contributed by atoms with Crippen molar-refractivity contribution in [3.63, 3.8) is 0 Å². The molecule has 3 aromatic rings. The number of methoxy groups -OCH3 is 2. The van der Waals surface area contributed by atoms with Crippen molar-refractivity contribution in [3.8, 4) is 11.5 Å². The lowest BCUT2D eigenvalue weighted by molar-refractivity contribution is 0.0600. The highest BCUT2D eigenvalue weighted by Crippen LogP contribution is 2.39. The Labute approximate surface area is 208 Å². The fourth-order valence-electron chi connectivity index (χ4n) is 3.81. The van der Waals surface area contributed by atoms with Gasteiger partial charge in [0.05, 0.1) is 24.3 Å². The zero-order chi connectivity index (χ0) is 23.5.